The van der Waals surface area contributed by atoms with Crippen LogP contribution >= 0.6 is 15.9 Å². The van der Waals surface area contributed by atoms with Gasteiger partial charge >= 0.3 is 5.97 Å². The average molecular weight is 369 g/mol. The summed E-state index contributed by atoms with van der Waals surface area (Å²) in [4.78, 5) is 24.7. The van der Waals surface area contributed by atoms with Crippen molar-refractivity contribution in [1.82, 2.24) is 0 Å². The maximum atomic E-state index is 12.7. The summed E-state index contributed by atoms with van der Waals surface area (Å²) in [7, 11) is 1.33. The van der Waals surface area contributed by atoms with Gasteiger partial charge in [0.15, 0.2) is 5.78 Å². The summed E-state index contributed by atoms with van der Waals surface area (Å²) in [5, 5.41) is 1.60. The van der Waals surface area contributed by atoms with E-state index in [1.54, 1.807) is 24.3 Å². The third-order valence-electron chi connectivity index (χ3n) is 3.64. The minimum Gasteiger partial charge on any atom is -0.465 e. The molecule has 3 nitrogen and oxygen atoms in total. The standard InChI is InChI=1S/C19H13BrO3/c1-23-19(22)17-11-14(10-13-4-2-3-5-16(13)17)18(21)12-6-8-15(20)9-7-12/h2-11H,1H3. The molecule has 0 unspecified atom stereocenters. The lowest BCUT2D eigenvalue weighted by Gasteiger charge is -2.09. The van der Waals surface area contributed by atoms with Gasteiger partial charge in [0.1, 0.15) is 0 Å². The average Bonchev–Trinajstić information content (AvgIpc) is 2.60. The van der Waals surface area contributed by atoms with Gasteiger partial charge in [0.2, 0.25) is 0 Å². The number of benzene rings is 3. The van der Waals surface area contributed by atoms with Crippen LogP contribution in [-0.2, 0) is 4.74 Å². The van der Waals surface area contributed by atoms with Crippen molar-refractivity contribution in [3.05, 3.63) is 81.8 Å². The third-order valence-corrected chi connectivity index (χ3v) is 4.16. The Kier molecular flexibility index (Phi) is 4.26. The van der Waals surface area contributed by atoms with Gasteiger partial charge in [-0.15, -0.1) is 0 Å². The summed E-state index contributed by atoms with van der Waals surface area (Å²) in [6.07, 6.45) is 0. The van der Waals surface area contributed by atoms with Crippen LogP contribution in [0, 0.1) is 0 Å². The van der Waals surface area contributed by atoms with E-state index in [0.29, 0.717) is 16.7 Å². The molecule has 0 amide bonds. The molecule has 0 aliphatic carbocycles. The SMILES string of the molecule is COC(=O)c1cc(C(=O)c2ccc(Br)cc2)cc2ccccc12. The predicted molar refractivity (Wildman–Crippen MR) is 92.9 cm³/mol. The number of carbonyl (C=O) groups is 2. The Balaban J connectivity index is 2.16. The van der Waals surface area contributed by atoms with Crippen molar-refractivity contribution in [3.63, 3.8) is 0 Å². The molecule has 0 aliphatic rings. The van der Waals surface area contributed by atoms with Crippen LogP contribution in [0.1, 0.15) is 26.3 Å². The molecule has 0 aliphatic heterocycles. The molecular weight excluding hydrogens is 356 g/mol. The molecule has 0 aromatic heterocycles. The highest BCUT2D eigenvalue weighted by atomic mass is 79.9. The summed E-state index contributed by atoms with van der Waals surface area (Å²) < 4.78 is 5.75. The van der Waals surface area contributed by atoms with E-state index in [9.17, 15) is 9.59 Å². The van der Waals surface area contributed by atoms with Gasteiger partial charge in [-0.3, -0.25) is 4.79 Å². The lowest BCUT2D eigenvalue weighted by Crippen LogP contribution is -2.07. The number of ketones is 1. The number of fused-ring (bicyclic) bond motifs is 1. The molecule has 4 heteroatoms. The topological polar surface area (TPSA) is 43.4 Å². The Labute approximate surface area is 142 Å². The van der Waals surface area contributed by atoms with Crippen molar-refractivity contribution in [2.24, 2.45) is 0 Å². The molecule has 0 atom stereocenters. The van der Waals surface area contributed by atoms with Crippen molar-refractivity contribution in [1.29, 1.82) is 0 Å². The van der Waals surface area contributed by atoms with Gasteiger partial charge < -0.3 is 4.74 Å². The summed E-state index contributed by atoms with van der Waals surface area (Å²) in [6, 6.07) is 18.0. The normalized spacial score (nSPS) is 10.5. The summed E-state index contributed by atoms with van der Waals surface area (Å²) in [5.41, 5.74) is 1.43. The highest BCUT2D eigenvalue weighted by Gasteiger charge is 2.16. The zero-order valence-electron chi connectivity index (χ0n) is 12.4. The lowest BCUT2D eigenvalue weighted by molar-refractivity contribution is 0.0603. The third kappa shape index (κ3) is 3.03. The van der Waals surface area contributed by atoms with Gasteiger partial charge in [0.05, 0.1) is 12.7 Å². The molecule has 3 aromatic rings. The molecule has 0 radical (unpaired) electrons. The molecule has 0 spiro atoms. The number of carbonyl (C=O) groups excluding carboxylic acids is 2. The zero-order valence-corrected chi connectivity index (χ0v) is 14.0. The summed E-state index contributed by atoms with van der Waals surface area (Å²) in [6.45, 7) is 0. The first-order chi connectivity index (χ1) is 11.1. The van der Waals surface area contributed by atoms with Gasteiger partial charge in [-0.2, -0.15) is 0 Å². The van der Waals surface area contributed by atoms with Crippen molar-refractivity contribution >= 4 is 38.5 Å². The van der Waals surface area contributed by atoms with E-state index in [4.69, 9.17) is 4.74 Å². The molecular formula is C19H13BrO3. The Morgan fingerprint density at radius 1 is 0.913 bits per heavy atom. The number of esters is 1. The van der Waals surface area contributed by atoms with E-state index in [-0.39, 0.29) is 5.78 Å². The van der Waals surface area contributed by atoms with Gasteiger partial charge in [0.25, 0.3) is 0 Å². The van der Waals surface area contributed by atoms with Crippen molar-refractivity contribution < 1.29 is 14.3 Å². The van der Waals surface area contributed by atoms with Crippen LogP contribution in [-0.4, -0.2) is 18.9 Å². The Morgan fingerprint density at radius 2 is 1.61 bits per heavy atom. The van der Waals surface area contributed by atoms with Crippen LogP contribution in [0.4, 0.5) is 0 Å². The largest absolute Gasteiger partial charge is 0.465 e. The molecule has 3 aromatic carbocycles. The van der Waals surface area contributed by atoms with Gasteiger partial charge in [-0.05, 0) is 47.2 Å². The van der Waals surface area contributed by atoms with E-state index < -0.39 is 5.97 Å². The van der Waals surface area contributed by atoms with Crippen LogP contribution in [0.5, 0.6) is 0 Å². The van der Waals surface area contributed by atoms with Gasteiger partial charge in [-0.1, -0.05) is 40.2 Å². The van der Waals surface area contributed by atoms with Crippen LogP contribution < -0.4 is 0 Å². The van der Waals surface area contributed by atoms with Gasteiger partial charge in [0, 0.05) is 15.6 Å². The Morgan fingerprint density at radius 3 is 2.30 bits per heavy atom. The fourth-order valence-electron chi connectivity index (χ4n) is 2.49. The molecule has 114 valence electrons. The minimum atomic E-state index is -0.452. The fourth-order valence-corrected chi connectivity index (χ4v) is 2.75. The monoisotopic (exact) mass is 368 g/mol. The molecule has 0 bridgehead atoms. The van der Waals surface area contributed by atoms with E-state index in [0.717, 1.165) is 15.2 Å². The highest BCUT2D eigenvalue weighted by molar-refractivity contribution is 9.10. The second-order valence-electron chi connectivity index (χ2n) is 5.07. The summed E-state index contributed by atoms with van der Waals surface area (Å²) in [5.74, 6) is -0.583. The second-order valence-corrected chi connectivity index (χ2v) is 5.99. The molecule has 0 heterocycles. The van der Waals surface area contributed by atoms with E-state index in [1.807, 2.05) is 36.4 Å². The molecule has 0 saturated carbocycles. The van der Waals surface area contributed by atoms with Gasteiger partial charge in [-0.25, -0.2) is 4.79 Å². The Bertz CT molecular complexity index is 898. The van der Waals surface area contributed by atoms with Crippen LogP contribution in [0.15, 0.2) is 65.1 Å². The number of rotatable bonds is 3. The van der Waals surface area contributed by atoms with Crippen molar-refractivity contribution in [2.75, 3.05) is 7.11 Å². The highest BCUT2D eigenvalue weighted by Crippen LogP contribution is 2.24. The van der Waals surface area contributed by atoms with Crippen LogP contribution in [0.2, 0.25) is 0 Å². The number of hydrogen-bond donors (Lipinski definition) is 0. The maximum Gasteiger partial charge on any atom is 0.338 e. The minimum absolute atomic E-state index is 0.131. The van der Waals surface area contributed by atoms with Crippen LogP contribution in [0.3, 0.4) is 0 Å². The maximum absolute atomic E-state index is 12.7. The second kappa shape index (κ2) is 6.34. The molecule has 0 saturated heterocycles. The first-order valence-electron chi connectivity index (χ1n) is 7.01. The zero-order chi connectivity index (χ0) is 16.4. The van der Waals surface area contributed by atoms with E-state index in [2.05, 4.69) is 15.9 Å². The number of hydrogen-bond acceptors (Lipinski definition) is 3. The first kappa shape index (κ1) is 15.4. The number of ether oxygens (including phenoxy) is 1. The predicted octanol–water partition coefficient (Wildman–Crippen LogP) is 4.62. The summed E-state index contributed by atoms with van der Waals surface area (Å²) >= 11 is 3.35. The molecule has 0 N–H and O–H groups in total. The quantitative estimate of drug-likeness (QED) is 0.500. The number of methoxy groups -OCH3 is 1. The van der Waals surface area contributed by atoms with Crippen molar-refractivity contribution in [2.45, 2.75) is 0 Å². The van der Waals surface area contributed by atoms with E-state index >= 15 is 0 Å². The molecule has 23 heavy (non-hydrogen) atoms. The molecule has 3 rings (SSSR count). The lowest BCUT2D eigenvalue weighted by atomic mass is 9.96. The number of halogens is 1. The fraction of sp³-hybridized carbons (Fsp3) is 0.0526. The smallest absolute Gasteiger partial charge is 0.338 e. The van der Waals surface area contributed by atoms with Crippen LogP contribution in [0.25, 0.3) is 10.8 Å². The van der Waals surface area contributed by atoms with E-state index in [1.165, 1.54) is 7.11 Å². The van der Waals surface area contributed by atoms with Crippen molar-refractivity contribution in [3.8, 4) is 0 Å². The Hall–Kier alpha value is -2.46. The molecule has 0 fully saturated rings. The first-order valence-corrected chi connectivity index (χ1v) is 7.81.